The topological polar surface area (TPSA) is 83.4 Å². The second kappa shape index (κ2) is 8.66. The molecule has 1 aromatic carbocycles. The molecule has 3 rings (SSSR count). The number of piperidine rings is 1. The van der Waals surface area contributed by atoms with Gasteiger partial charge >= 0.3 is 0 Å². The van der Waals surface area contributed by atoms with E-state index in [4.69, 9.17) is 4.74 Å². The molecule has 0 aromatic heterocycles. The lowest BCUT2D eigenvalue weighted by molar-refractivity contribution is -0.134. The van der Waals surface area contributed by atoms with E-state index in [9.17, 15) is 9.59 Å². The number of ether oxygens (including phenoxy) is 1. The van der Waals surface area contributed by atoms with Gasteiger partial charge in [0.2, 0.25) is 5.91 Å². The summed E-state index contributed by atoms with van der Waals surface area (Å²) in [5.74, 6) is 1.01. The first-order valence-corrected chi connectivity index (χ1v) is 9.23. The number of amides is 2. The Bertz CT molecular complexity index is 682. The molecule has 1 aromatic rings. The monoisotopic (exact) mass is 360 g/mol. The lowest BCUT2D eigenvalue weighted by atomic mass is 10.1. The van der Waals surface area contributed by atoms with Crippen molar-refractivity contribution >= 4 is 35.0 Å². The summed E-state index contributed by atoms with van der Waals surface area (Å²) >= 11 is 1.33. The minimum Gasteiger partial charge on any atom is -0.484 e. The largest absolute Gasteiger partial charge is 0.484 e. The van der Waals surface area contributed by atoms with E-state index >= 15 is 0 Å². The Morgan fingerprint density at radius 3 is 2.68 bits per heavy atom. The fourth-order valence-corrected chi connectivity index (χ4v) is 3.19. The van der Waals surface area contributed by atoms with E-state index in [1.165, 1.54) is 18.2 Å². The van der Waals surface area contributed by atoms with Crippen molar-refractivity contribution in [3.8, 4) is 5.75 Å². The third-order valence-electron chi connectivity index (χ3n) is 3.89. The summed E-state index contributed by atoms with van der Waals surface area (Å²) in [6.07, 6.45) is 4.95. The normalized spacial score (nSPS) is 19.4. The molecule has 2 aliphatic heterocycles. The maximum Gasteiger partial charge on any atom is 0.260 e. The second-order valence-electron chi connectivity index (χ2n) is 5.79. The van der Waals surface area contributed by atoms with Crippen LogP contribution in [0, 0.1) is 0 Å². The Balaban J connectivity index is 1.47. The summed E-state index contributed by atoms with van der Waals surface area (Å²) < 4.78 is 5.56. The van der Waals surface area contributed by atoms with Gasteiger partial charge in [0.25, 0.3) is 5.91 Å². The van der Waals surface area contributed by atoms with Gasteiger partial charge in [0.15, 0.2) is 11.8 Å². The van der Waals surface area contributed by atoms with E-state index in [1.807, 2.05) is 17.0 Å². The second-order valence-corrected chi connectivity index (χ2v) is 6.75. The number of hydrogen-bond acceptors (Lipinski definition) is 6. The van der Waals surface area contributed by atoms with Gasteiger partial charge in [0, 0.05) is 13.1 Å². The van der Waals surface area contributed by atoms with Crippen molar-refractivity contribution in [2.75, 3.05) is 25.4 Å². The van der Waals surface area contributed by atoms with E-state index in [0.29, 0.717) is 16.7 Å². The van der Waals surface area contributed by atoms with Crippen LogP contribution in [0.4, 0.5) is 0 Å². The van der Waals surface area contributed by atoms with Crippen LogP contribution in [0.5, 0.6) is 5.75 Å². The van der Waals surface area contributed by atoms with E-state index in [-0.39, 0.29) is 18.4 Å². The van der Waals surface area contributed by atoms with Gasteiger partial charge in [0.05, 0.1) is 12.0 Å². The zero-order valence-electron chi connectivity index (χ0n) is 13.8. The molecule has 0 saturated carbocycles. The minimum absolute atomic E-state index is 0.0391. The molecule has 2 fully saturated rings. The number of benzene rings is 1. The molecule has 8 heteroatoms. The van der Waals surface area contributed by atoms with Crippen molar-refractivity contribution in [2.24, 2.45) is 10.2 Å². The summed E-state index contributed by atoms with van der Waals surface area (Å²) in [6, 6.07) is 7.27. The molecule has 25 heavy (non-hydrogen) atoms. The van der Waals surface area contributed by atoms with Gasteiger partial charge in [0.1, 0.15) is 5.75 Å². The fourth-order valence-electron chi connectivity index (χ4n) is 2.56. The van der Waals surface area contributed by atoms with Crippen molar-refractivity contribution < 1.29 is 14.3 Å². The van der Waals surface area contributed by atoms with Crippen molar-refractivity contribution in [3.63, 3.8) is 0 Å². The minimum atomic E-state index is -0.0560. The van der Waals surface area contributed by atoms with Crippen molar-refractivity contribution in [2.45, 2.75) is 19.3 Å². The molecule has 7 nitrogen and oxygen atoms in total. The quantitative estimate of drug-likeness (QED) is 0.639. The smallest absolute Gasteiger partial charge is 0.260 e. The molecular weight excluding hydrogens is 340 g/mol. The molecule has 0 unspecified atom stereocenters. The summed E-state index contributed by atoms with van der Waals surface area (Å²) in [5.41, 5.74) is 0.855. The summed E-state index contributed by atoms with van der Waals surface area (Å²) in [5, 5.41) is 11.0. The number of nitrogens with one attached hydrogen (secondary N) is 1. The van der Waals surface area contributed by atoms with E-state index in [1.54, 1.807) is 18.3 Å². The molecule has 0 radical (unpaired) electrons. The Morgan fingerprint density at radius 2 is 2.00 bits per heavy atom. The standard InChI is InChI=1S/C17H20N4O3S/c22-15-12-25-17(19-15)20-18-10-13-4-6-14(7-5-13)24-11-16(23)21-8-2-1-3-9-21/h4-7,10H,1-3,8-9,11-12H2,(H,19,20,22). The van der Waals surface area contributed by atoms with Crippen molar-refractivity contribution in [1.29, 1.82) is 0 Å². The molecule has 2 amide bonds. The number of hydrogen-bond donors (Lipinski definition) is 1. The van der Waals surface area contributed by atoms with Gasteiger partial charge in [-0.15, -0.1) is 5.10 Å². The number of carbonyl (C=O) groups is 2. The number of likely N-dealkylation sites (tertiary alicyclic amines) is 1. The molecule has 0 atom stereocenters. The highest BCUT2D eigenvalue weighted by atomic mass is 32.2. The number of thioether (sulfide) groups is 1. The van der Waals surface area contributed by atoms with Crippen LogP contribution in [-0.2, 0) is 9.59 Å². The average molecular weight is 360 g/mol. The van der Waals surface area contributed by atoms with Gasteiger partial charge < -0.3 is 15.0 Å². The zero-order chi connectivity index (χ0) is 17.5. The van der Waals surface area contributed by atoms with Gasteiger partial charge in [-0.05, 0) is 49.1 Å². The van der Waals surface area contributed by atoms with Crippen molar-refractivity contribution in [1.82, 2.24) is 10.2 Å². The first-order chi connectivity index (χ1) is 12.2. The predicted molar refractivity (Wildman–Crippen MR) is 98.0 cm³/mol. The first-order valence-electron chi connectivity index (χ1n) is 8.25. The molecule has 1 N–H and O–H groups in total. The molecule has 132 valence electrons. The molecule has 2 aliphatic rings. The number of rotatable bonds is 5. The van der Waals surface area contributed by atoms with Crippen LogP contribution in [0.2, 0.25) is 0 Å². The zero-order valence-corrected chi connectivity index (χ0v) is 14.6. The number of nitrogens with zero attached hydrogens (tertiary/aromatic N) is 3. The van der Waals surface area contributed by atoms with E-state index < -0.39 is 0 Å². The number of carbonyl (C=O) groups excluding carboxylic acids is 2. The maximum atomic E-state index is 12.1. The average Bonchev–Trinajstić information content (AvgIpc) is 3.07. The maximum absolute atomic E-state index is 12.1. The molecule has 2 saturated heterocycles. The third kappa shape index (κ3) is 5.32. The Kier molecular flexibility index (Phi) is 6.05. The first kappa shape index (κ1) is 17.5. The van der Waals surface area contributed by atoms with Crippen molar-refractivity contribution in [3.05, 3.63) is 29.8 Å². The number of amidine groups is 1. The Labute approximate surface area is 150 Å². The van der Waals surface area contributed by atoms with Crippen LogP contribution in [0.15, 0.2) is 34.5 Å². The third-order valence-corrected chi connectivity index (χ3v) is 4.76. The van der Waals surface area contributed by atoms with Gasteiger partial charge in [-0.3, -0.25) is 9.59 Å². The summed E-state index contributed by atoms with van der Waals surface area (Å²) in [7, 11) is 0. The van der Waals surface area contributed by atoms with Crippen LogP contribution in [-0.4, -0.2) is 53.5 Å². The Morgan fingerprint density at radius 1 is 1.24 bits per heavy atom. The van der Waals surface area contributed by atoms with Gasteiger partial charge in [-0.25, -0.2) is 0 Å². The van der Waals surface area contributed by atoms with Crippen LogP contribution in [0.3, 0.4) is 0 Å². The summed E-state index contributed by atoms with van der Waals surface area (Å²) in [6.45, 7) is 1.73. The molecule has 0 bridgehead atoms. The predicted octanol–water partition coefficient (Wildman–Crippen LogP) is 1.63. The highest BCUT2D eigenvalue weighted by molar-refractivity contribution is 8.15. The summed E-state index contributed by atoms with van der Waals surface area (Å²) in [4.78, 5) is 25.0. The Hall–Kier alpha value is -2.35. The SMILES string of the molecule is O=C1CSC(=NN=Cc2ccc(OCC(=O)N3CCCCC3)cc2)N1. The molecular formula is C17H20N4O3S. The highest BCUT2D eigenvalue weighted by Gasteiger charge is 2.17. The molecule has 0 aliphatic carbocycles. The fraction of sp³-hybridized carbons (Fsp3) is 0.412. The lowest BCUT2D eigenvalue weighted by Gasteiger charge is -2.26. The van der Waals surface area contributed by atoms with Crippen LogP contribution >= 0.6 is 11.8 Å². The molecule has 0 spiro atoms. The van der Waals surface area contributed by atoms with E-state index in [2.05, 4.69) is 15.5 Å². The van der Waals surface area contributed by atoms with Crippen LogP contribution in [0.1, 0.15) is 24.8 Å². The lowest BCUT2D eigenvalue weighted by Crippen LogP contribution is -2.38. The van der Waals surface area contributed by atoms with E-state index in [0.717, 1.165) is 31.5 Å². The van der Waals surface area contributed by atoms with Gasteiger partial charge in [-0.2, -0.15) is 5.10 Å². The highest BCUT2D eigenvalue weighted by Crippen LogP contribution is 2.13. The van der Waals surface area contributed by atoms with Gasteiger partial charge in [-0.1, -0.05) is 11.8 Å². The van der Waals surface area contributed by atoms with Crippen LogP contribution < -0.4 is 10.1 Å². The van der Waals surface area contributed by atoms with Crippen LogP contribution in [0.25, 0.3) is 0 Å². The molecule has 2 heterocycles.